The molecule has 3 aromatic rings. The normalized spacial score (nSPS) is 19.7. The van der Waals surface area contributed by atoms with Gasteiger partial charge in [0.1, 0.15) is 23.5 Å². The van der Waals surface area contributed by atoms with Crippen molar-refractivity contribution in [2.45, 2.75) is 11.4 Å². The molecule has 0 aliphatic carbocycles. The third-order valence-electron chi connectivity index (χ3n) is 4.26. The lowest BCUT2D eigenvalue weighted by molar-refractivity contribution is -0.126. The number of aromatic nitrogens is 2. The van der Waals surface area contributed by atoms with Crippen LogP contribution in [0.2, 0.25) is 0 Å². The Morgan fingerprint density at radius 2 is 1.88 bits per heavy atom. The Morgan fingerprint density at radius 3 is 2.65 bits per heavy atom. The summed E-state index contributed by atoms with van der Waals surface area (Å²) in [7, 11) is 0. The molecule has 0 spiro atoms. The maximum atomic E-state index is 12.8. The van der Waals surface area contributed by atoms with E-state index >= 15 is 0 Å². The average molecular weight is 500 g/mol. The fraction of sp³-hybridized carbons (Fsp3) is 0.118. The van der Waals surface area contributed by atoms with E-state index in [1.54, 1.807) is 36.4 Å². The third-order valence-corrected chi connectivity index (χ3v) is 5.75. The number of phenols is 1. The number of phenolic OH excluding ortho intramolecular Hbond substituents is 1. The van der Waals surface area contributed by atoms with E-state index in [-0.39, 0.29) is 11.3 Å². The highest BCUT2D eigenvalue weighted by Gasteiger charge is 2.50. The Morgan fingerprint density at radius 1 is 1.15 bits per heavy atom. The van der Waals surface area contributed by atoms with Gasteiger partial charge in [0.05, 0.1) is 15.4 Å². The molecule has 2 aromatic carbocycles. The van der Waals surface area contributed by atoms with Crippen molar-refractivity contribution >= 4 is 60.3 Å². The van der Waals surface area contributed by atoms with Crippen molar-refractivity contribution in [3.8, 4) is 5.75 Å². The van der Waals surface area contributed by atoms with Crippen LogP contribution in [0.15, 0.2) is 56.5 Å². The molecule has 1 aliphatic heterocycles. The highest BCUT2D eigenvalue weighted by molar-refractivity contribution is 9.11. The van der Waals surface area contributed by atoms with Crippen molar-refractivity contribution in [1.82, 2.24) is 9.66 Å². The van der Waals surface area contributed by atoms with Crippen molar-refractivity contribution < 1.29 is 9.90 Å². The van der Waals surface area contributed by atoms with Crippen LogP contribution in [0.4, 0.5) is 0 Å². The largest absolute Gasteiger partial charge is 0.506 e. The van der Waals surface area contributed by atoms with Crippen molar-refractivity contribution in [2.75, 3.05) is 5.01 Å². The van der Waals surface area contributed by atoms with Gasteiger partial charge in [0.25, 0.3) is 11.5 Å². The number of rotatable bonds is 2. The number of carbonyl (C=O) groups excluding carboxylic acids is 1. The van der Waals surface area contributed by atoms with E-state index in [4.69, 9.17) is 11.6 Å². The van der Waals surface area contributed by atoms with E-state index in [0.29, 0.717) is 25.4 Å². The van der Waals surface area contributed by atoms with Crippen LogP contribution in [0.1, 0.15) is 11.6 Å². The Bertz CT molecular complexity index is 1120. The highest BCUT2D eigenvalue weighted by Crippen LogP contribution is 2.44. The molecule has 2 heterocycles. The van der Waals surface area contributed by atoms with Crippen LogP contribution in [0.3, 0.4) is 0 Å². The molecule has 0 saturated carbocycles. The van der Waals surface area contributed by atoms with Crippen molar-refractivity contribution in [1.29, 1.82) is 0 Å². The van der Waals surface area contributed by atoms with Crippen LogP contribution in [-0.4, -0.2) is 26.1 Å². The predicted molar refractivity (Wildman–Crippen MR) is 105 cm³/mol. The summed E-state index contributed by atoms with van der Waals surface area (Å²) in [5, 5.41) is 11.1. The van der Waals surface area contributed by atoms with Crippen LogP contribution in [0.5, 0.6) is 5.75 Å². The minimum absolute atomic E-state index is 0.0388. The van der Waals surface area contributed by atoms with Crippen LogP contribution < -0.4 is 10.6 Å². The predicted octanol–water partition coefficient (Wildman–Crippen LogP) is 3.45. The molecule has 1 N–H and O–H groups in total. The lowest BCUT2D eigenvalue weighted by atomic mass is 9.94. The van der Waals surface area contributed by atoms with Crippen LogP contribution >= 0.6 is 43.5 Å². The summed E-state index contributed by atoms with van der Waals surface area (Å²) in [6.07, 6.45) is 1.29. The number of nitrogens with zero attached hydrogens (tertiary/aromatic N) is 3. The molecule has 0 radical (unpaired) electrons. The van der Waals surface area contributed by atoms with Gasteiger partial charge < -0.3 is 5.11 Å². The number of fused-ring (bicyclic) bond motifs is 1. The Kier molecular flexibility index (Phi) is 4.29. The number of halogens is 3. The van der Waals surface area contributed by atoms with Gasteiger partial charge in [-0.1, -0.05) is 28.1 Å². The second kappa shape index (κ2) is 6.37. The van der Waals surface area contributed by atoms with Crippen molar-refractivity contribution in [3.63, 3.8) is 0 Å². The van der Waals surface area contributed by atoms with E-state index in [0.717, 1.165) is 4.68 Å². The Hall–Kier alpha value is -1.90. The number of β-lactam (4-membered cyclic amide) rings is 1. The summed E-state index contributed by atoms with van der Waals surface area (Å²) >= 11 is 12.9. The number of para-hydroxylation sites is 1. The van der Waals surface area contributed by atoms with Gasteiger partial charge in [-0.3, -0.25) is 9.59 Å². The maximum Gasteiger partial charge on any atom is 0.280 e. The molecule has 9 heteroatoms. The summed E-state index contributed by atoms with van der Waals surface area (Å²) < 4.78 is 2.29. The maximum absolute atomic E-state index is 12.8. The van der Waals surface area contributed by atoms with Gasteiger partial charge in [-0.2, -0.15) is 0 Å². The number of aromatic hydroxyl groups is 1. The van der Waals surface area contributed by atoms with E-state index < -0.39 is 17.3 Å². The second-order valence-corrected chi connectivity index (χ2v) is 8.01. The van der Waals surface area contributed by atoms with Crippen LogP contribution in [-0.2, 0) is 4.79 Å². The molecule has 1 aromatic heterocycles. The van der Waals surface area contributed by atoms with E-state index in [1.165, 1.54) is 11.3 Å². The topological polar surface area (TPSA) is 75.4 Å². The lowest BCUT2D eigenvalue weighted by Gasteiger charge is -2.44. The molecule has 1 aliphatic rings. The summed E-state index contributed by atoms with van der Waals surface area (Å²) in [6, 6.07) is 9.51. The Labute approximate surface area is 169 Å². The zero-order valence-corrected chi connectivity index (χ0v) is 16.9. The fourth-order valence-corrected chi connectivity index (χ4v) is 4.60. The van der Waals surface area contributed by atoms with E-state index in [1.807, 2.05) is 0 Å². The number of benzene rings is 2. The highest BCUT2D eigenvalue weighted by atomic mass is 79.9. The first kappa shape index (κ1) is 17.5. The van der Waals surface area contributed by atoms with Gasteiger partial charge in [-0.15, -0.1) is 11.6 Å². The summed E-state index contributed by atoms with van der Waals surface area (Å²) in [5.41, 5.74) is 0.575. The van der Waals surface area contributed by atoms with Gasteiger partial charge in [0, 0.05) is 10.0 Å². The summed E-state index contributed by atoms with van der Waals surface area (Å²) in [6.45, 7) is 0. The Balaban J connectivity index is 1.88. The molecule has 26 heavy (non-hydrogen) atoms. The number of hydrogen-bond donors (Lipinski definition) is 1. The van der Waals surface area contributed by atoms with Crippen molar-refractivity contribution in [2.24, 2.45) is 0 Å². The SMILES string of the molecule is O=C1C(Cl)C(c2cc(Br)cc(Br)c2O)N1n1cnc2ccccc2c1=O. The van der Waals surface area contributed by atoms with Gasteiger partial charge in [-0.25, -0.2) is 14.7 Å². The molecule has 0 bridgehead atoms. The summed E-state index contributed by atoms with van der Waals surface area (Å²) in [4.78, 5) is 29.5. The van der Waals surface area contributed by atoms with Crippen LogP contribution in [0.25, 0.3) is 10.9 Å². The number of carbonyl (C=O) groups is 1. The van der Waals surface area contributed by atoms with Gasteiger partial charge in [0.2, 0.25) is 0 Å². The van der Waals surface area contributed by atoms with Gasteiger partial charge >= 0.3 is 0 Å². The summed E-state index contributed by atoms with van der Waals surface area (Å²) in [5.74, 6) is -0.477. The number of hydrogen-bond acceptors (Lipinski definition) is 4. The van der Waals surface area contributed by atoms with Crippen molar-refractivity contribution in [3.05, 3.63) is 67.6 Å². The lowest BCUT2D eigenvalue weighted by Crippen LogP contribution is -2.64. The molecule has 1 amide bonds. The smallest absolute Gasteiger partial charge is 0.280 e. The molecule has 2 atom stereocenters. The molecule has 1 fully saturated rings. The molecular weight excluding hydrogens is 489 g/mol. The number of amides is 1. The molecule has 132 valence electrons. The van der Waals surface area contributed by atoms with Gasteiger partial charge in [0.15, 0.2) is 0 Å². The molecule has 4 rings (SSSR count). The van der Waals surface area contributed by atoms with E-state index in [9.17, 15) is 14.7 Å². The molecule has 1 saturated heterocycles. The minimum atomic E-state index is -0.902. The first-order valence-electron chi connectivity index (χ1n) is 7.52. The molecule has 2 unspecified atom stereocenters. The number of alkyl halides is 1. The zero-order chi connectivity index (χ0) is 18.6. The molecular formula is C17H10Br2ClN3O3. The monoisotopic (exact) mass is 497 g/mol. The first-order valence-corrected chi connectivity index (χ1v) is 9.54. The standard InChI is InChI=1S/C17H10Br2ClN3O3/c18-8-5-10(15(24)11(19)6-8)14-13(20)17(26)23(14)22-7-21-12-4-2-1-3-9(12)16(22)25/h1-7,13-14,24H. The zero-order valence-electron chi connectivity index (χ0n) is 12.9. The molecule has 6 nitrogen and oxygen atoms in total. The first-order chi connectivity index (χ1) is 12.4. The quantitative estimate of drug-likeness (QED) is 0.433. The van der Waals surface area contributed by atoms with Crippen LogP contribution in [0, 0.1) is 0 Å². The second-order valence-electron chi connectivity index (χ2n) is 5.77. The van der Waals surface area contributed by atoms with Gasteiger partial charge in [-0.05, 0) is 40.2 Å². The third kappa shape index (κ3) is 2.55. The van der Waals surface area contributed by atoms with E-state index in [2.05, 4.69) is 36.8 Å². The minimum Gasteiger partial charge on any atom is -0.506 e. The average Bonchev–Trinajstić information content (AvgIpc) is 2.63. The fourth-order valence-electron chi connectivity index (χ4n) is 2.99.